The van der Waals surface area contributed by atoms with Crippen molar-refractivity contribution >= 4 is 17.4 Å². The number of anilines is 2. The summed E-state index contributed by atoms with van der Waals surface area (Å²) in [6.45, 7) is 5.22. The summed E-state index contributed by atoms with van der Waals surface area (Å²) in [6, 6.07) is 16.2. The van der Waals surface area contributed by atoms with E-state index in [1.807, 2.05) is 37.3 Å². The van der Waals surface area contributed by atoms with Crippen LogP contribution in [0.2, 0.25) is 0 Å². The Morgan fingerprint density at radius 1 is 0.971 bits per heavy atom. The van der Waals surface area contributed by atoms with E-state index in [1.165, 1.54) is 9.47 Å². The van der Waals surface area contributed by atoms with E-state index in [4.69, 9.17) is 10.5 Å². The van der Waals surface area contributed by atoms with Gasteiger partial charge in [0.1, 0.15) is 11.6 Å². The van der Waals surface area contributed by atoms with Crippen LogP contribution >= 0.6 is 0 Å². The van der Waals surface area contributed by atoms with Crippen LogP contribution in [0.5, 0.6) is 5.75 Å². The molecule has 2 aromatic carbocycles. The lowest BCUT2D eigenvalue weighted by Crippen LogP contribution is -2.41. The summed E-state index contributed by atoms with van der Waals surface area (Å²) in [5, 5.41) is 0. The molecule has 0 radical (unpaired) electrons. The van der Waals surface area contributed by atoms with E-state index < -0.39 is 11.2 Å². The number of aromatic amines is 1. The number of rotatable bonds is 12. The highest BCUT2D eigenvalue weighted by molar-refractivity contribution is 6.07. The van der Waals surface area contributed by atoms with E-state index in [2.05, 4.69) is 11.9 Å². The standard InChI is InChI=1S/C27H34N4O4/c1-3-5-10-18-35-22-15-13-21(14-16-22)26(33)30(17-6-4-2)23-24(28)31(27(34)29-25(23)32)19-20-11-8-7-9-12-20/h7-9,11-16H,3-6,10,17-19,28H2,1-2H3,(H,29,32,34). The fourth-order valence-corrected chi connectivity index (χ4v) is 3.78. The number of benzene rings is 2. The maximum Gasteiger partial charge on any atom is 0.330 e. The minimum Gasteiger partial charge on any atom is -0.494 e. The van der Waals surface area contributed by atoms with Crippen molar-refractivity contribution in [1.82, 2.24) is 9.55 Å². The molecule has 3 N–H and O–H groups in total. The van der Waals surface area contributed by atoms with Gasteiger partial charge in [-0.15, -0.1) is 0 Å². The van der Waals surface area contributed by atoms with E-state index in [1.54, 1.807) is 24.3 Å². The molecule has 3 rings (SSSR count). The average Bonchev–Trinajstić information content (AvgIpc) is 2.87. The molecule has 0 aliphatic rings. The van der Waals surface area contributed by atoms with E-state index in [0.29, 0.717) is 30.9 Å². The summed E-state index contributed by atoms with van der Waals surface area (Å²) in [7, 11) is 0. The summed E-state index contributed by atoms with van der Waals surface area (Å²) in [5.74, 6) is 0.285. The molecule has 8 heteroatoms. The number of hydrogen-bond donors (Lipinski definition) is 2. The zero-order valence-electron chi connectivity index (χ0n) is 20.5. The maximum absolute atomic E-state index is 13.5. The summed E-state index contributed by atoms with van der Waals surface area (Å²) >= 11 is 0. The van der Waals surface area contributed by atoms with Crippen LogP contribution in [0, 0.1) is 0 Å². The summed E-state index contributed by atoms with van der Waals surface area (Å²) < 4.78 is 7.02. The van der Waals surface area contributed by atoms with Crippen LogP contribution < -0.4 is 26.6 Å². The molecule has 186 valence electrons. The maximum atomic E-state index is 13.5. The third kappa shape index (κ3) is 6.62. The molecule has 0 aliphatic carbocycles. The molecule has 0 bridgehead atoms. The second-order valence-electron chi connectivity index (χ2n) is 8.46. The van der Waals surface area contributed by atoms with Crippen molar-refractivity contribution in [1.29, 1.82) is 0 Å². The van der Waals surface area contributed by atoms with Gasteiger partial charge in [-0.3, -0.25) is 19.1 Å². The van der Waals surface area contributed by atoms with Gasteiger partial charge in [0.15, 0.2) is 5.69 Å². The van der Waals surface area contributed by atoms with Crippen molar-refractivity contribution in [2.75, 3.05) is 23.8 Å². The molecule has 8 nitrogen and oxygen atoms in total. The van der Waals surface area contributed by atoms with Crippen LogP contribution in [0.15, 0.2) is 64.2 Å². The first-order valence-corrected chi connectivity index (χ1v) is 12.2. The SMILES string of the molecule is CCCCCOc1ccc(C(=O)N(CCCC)c2c(N)n(Cc3ccccc3)c(=O)[nH]c2=O)cc1. The topological polar surface area (TPSA) is 110 Å². The molecule has 0 spiro atoms. The normalized spacial score (nSPS) is 10.8. The number of carbonyl (C=O) groups excluding carboxylic acids is 1. The van der Waals surface area contributed by atoms with Crippen LogP contribution in [-0.2, 0) is 6.54 Å². The Balaban J connectivity index is 1.92. The lowest BCUT2D eigenvalue weighted by Gasteiger charge is -2.24. The number of aromatic nitrogens is 2. The number of hydrogen-bond acceptors (Lipinski definition) is 5. The van der Waals surface area contributed by atoms with Crippen LogP contribution in [0.25, 0.3) is 0 Å². The van der Waals surface area contributed by atoms with Gasteiger partial charge in [-0.2, -0.15) is 0 Å². The minimum atomic E-state index is -0.683. The molecule has 0 unspecified atom stereocenters. The summed E-state index contributed by atoms with van der Waals surface area (Å²) in [6.07, 6.45) is 4.68. The number of carbonyl (C=O) groups is 1. The molecule has 1 aromatic heterocycles. The highest BCUT2D eigenvalue weighted by atomic mass is 16.5. The molecular formula is C27H34N4O4. The van der Waals surface area contributed by atoms with E-state index >= 15 is 0 Å². The van der Waals surface area contributed by atoms with Gasteiger partial charge in [0.25, 0.3) is 11.5 Å². The Labute approximate surface area is 205 Å². The molecule has 0 saturated carbocycles. The monoisotopic (exact) mass is 478 g/mol. The van der Waals surface area contributed by atoms with Crippen molar-refractivity contribution in [3.8, 4) is 5.75 Å². The van der Waals surface area contributed by atoms with E-state index in [-0.39, 0.29) is 24.0 Å². The second-order valence-corrected chi connectivity index (χ2v) is 8.46. The van der Waals surface area contributed by atoms with Crippen molar-refractivity contribution in [2.24, 2.45) is 0 Å². The van der Waals surface area contributed by atoms with Crippen molar-refractivity contribution in [3.63, 3.8) is 0 Å². The third-order valence-corrected chi connectivity index (χ3v) is 5.77. The number of nitrogen functional groups attached to an aromatic ring is 1. The summed E-state index contributed by atoms with van der Waals surface area (Å²) in [4.78, 5) is 42.7. The molecule has 1 heterocycles. The Hall–Kier alpha value is -3.81. The number of nitrogens with two attached hydrogens (primary N) is 1. The first-order chi connectivity index (χ1) is 17.0. The number of ether oxygens (including phenoxy) is 1. The largest absolute Gasteiger partial charge is 0.494 e. The quantitative estimate of drug-likeness (QED) is 0.379. The molecular weight excluding hydrogens is 444 g/mol. The van der Waals surface area contributed by atoms with Gasteiger partial charge in [0, 0.05) is 12.1 Å². The third-order valence-electron chi connectivity index (χ3n) is 5.77. The highest BCUT2D eigenvalue weighted by Gasteiger charge is 2.25. The Morgan fingerprint density at radius 3 is 2.31 bits per heavy atom. The lowest BCUT2D eigenvalue weighted by atomic mass is 10.1. The molecule has 0 saturated heterocycles. The van der Waals surface area contributed by atoms with Crippen molar-refractivity contribution in [2.45, 2.75) is 52.5 Å². The van der Waals surface area contributed by atoms with E-state index in [9.17, 15) is 14.4 Å². The smallest absolute Gasteiger partial charge is 0.330 e. The first kappa shape index (κ1) is 25.8. The van der Waals surface area contributed by atoms with Gasteiger partial charge in [-0.1, -0.05) is 63.4 Å². The number of amides is 1. The fourth-order valence-electron chi connectivity index (χ4n) is 3.78. The molecule has 0 atom stereocenters. The lowest BCUT2D eigenvalue weighted by molar-refractivity contribution is 0.0986. The zero-order chi connectivity index (χ0) is 25.2. The van der Waals surface area contributed by atoms with Gasteiger partial charge in [-0.25, -0.2) is 4.79 Å². The van der Waals surface area contributed by atoms with Crippen LogP contribution in [0.4, 0.5) is 11.5 Å². The van der Waals surface area contributed by atoms with Gasteiger partial charge >= 0.3 is 5.69 Å². The Bertz CT molecular complexity index is 1220. The number of nitrogens with zero attached hydrogens (tertiary/aromatic N) is 2. The van der Waals surface area contributed by atoms with Crippen molar-refractivity contribution < 1.29 is 9.53 Å². The molecule has 35 heavy (non-hydrogen) atoms. The predicted molar refractivity (Wildman–Crippen MR) is 139 cm³/mol. The van der Waals surface area contributed by atoms with Gasteiger partial charge in [-0.05, 0) is 42.7 Å². The molecule has 0 fully saturated rings. The molecule has 3 aromatic rings. The number of nitrogens with one attached hydrogen (secondary N) is 1. The van der Waals surface area contributed by atoms with Crippen LogP contribution in [0.3, 0.4) is 0 Å². The zero-order valence-corrected chi connectivity index (χ0v) is 20.5. The van der Waals surface area contributed by atoms with E-state index in [0.717, 1.165) is 31.2 Å². The fraction of sp³-hybridized carbons (Fsp3) is 0.370. The van der Waals surface area contributed by atoms with Gasteiger partial charge < -0.3 is 15.4 Å². The van der Waals surface area contributed by atoms with Crippen LogP contribution in [0.1, 0.15) is 61.9 Å². The predicted octanol–water partition coefficient (Wildman–Crippen LogP) is 4.18. The van der Waals surface area contributed by atoms with Crippen molar-refractivity contribution in [3.05, 3.63) is 86.6 Å². The van der Waals surface area contributed by atoms with Gasteiger partial charge in [0.05, 0.1) is 13.2 Å². The number of H-pyrrole nitrogens is 1. The molecule has 0 aliphatic heterocycles. The highest BCUT2D eigenvalue weighted by Crippen LogP contribution is 2.22. The minimum absolute atomic E-state index is 0.0149. The Kier molecular flexibility index (Phi) is 9.29. The average molecular weight is 479 g/mol. The summed E-state index contributed by atoms with van der Waals surface area (Å²) in [5.41, 5.74) is 6.29. The van der Waals surface area contributed by atoms with Gasteiger partial charge in [0.2, 0.25) is 0 Å². The number of unbranched alkanes of at least 4 members (excludes halogenated alkanes) is 3. The molecule has 1 amide bonds. The Morgan fingerprint density at radius 2 is 1.66 bits per heavy atom. The van der Waals surface area contributed by atoms with Crippen LogP contribution in [-0.4, -0.2) is 28.6 Å². The first-order valence-electron chi connectivity index (χ1n) is 12.2. The second kappa shape index (κ2) is 12.6.